The van der Waals surface area contributed by atoms with Gasteiger partial charge in [0.1, 0.15) is 0 Å². The molecule has 0 aliphatic carbocycles. The molecule has 0 spiro atoms. The minimum atomic E-state index is 0.625. The number of hydrogen-bond donors (Lipinski definition) is 1. The average Bonchev–Trinajstić information content (AvgIpc) is 2.44. The number of nitrogens with one attached hydrogen (secondary N) is 1. The molecule has 1 fully saturated rings. The zero-order chi connectivity index (χ0) is 13.5. The van der Waals surface area contributed by atoms with Gasteiger partial charge in [0, 0.05) is 28.6 Å². The van der Waals surface area contributed by atoms with Gasteiger partial charge < -0.3 is 5.32 Å². The second-order valence-electron chi connectivity index (χ2n) is 5.24. The molecular weight excluding hydrogens is 270 g/mol. The maximum absolute atomic E-state index is 3.77. The first-order valence-electron chi connectivity index (χ1n) is 7.28. The number of benzene rings is 1. The molecule has 0 saturated carbocycles. The highest BCUT2D eigenvalue weighted by molar-refractivity contribution is 8.06. The van der Waals surface area contributed by atoms with Crippen molar-refractivity contribution >= 4 is 23.5 Å². The third-order valence-electron chi connectivity index (χ3n) is 3.49. The third-order valence-corrected chi connectivity index (χ3v) is 6.41. The zero-order valence-corrected chi connectivity index (χ0v) is 13.7. The Bertz CT molecular complexity index is 375. The van der Waals surface area contributed by atoms with E-state index in [0.717, 1.165) is 11.8 Å². The Labute approximate surface area is 126 Å². The van der Waals surface area contributed by atoms with Gasteiger partial charge in [0.15, 0.2) is 0 Å². The van der Waals surface area contributed by atoms with Crippen LogP contribution in [0.3, 0.4) is 0 Å². The lowest BCUT2D eigenvalue weighted by molar-refractivity contribution is 0.506. The Morgan fingerprint density at radius 1 is 1.37 bits per heavy atom. The van der Waals surface area contributed by atoms with Crippen molar-refractivity contribution in [3.63, 3.8) is 0 Å². The van der Waals surface area contributed by atoms with E-state index in [2.05, 4.69) is 67.0 Å². The molecule has 1 saturated heterocycles. The van der Waals surface area contributed by atoms with Crippen molar-refractivity contribution in [2.24, 2.45) is 0 Å². The summed E-state index contributed by atoms with van der Waals surface area (Å²) in [5, 5.41) is 4.54. The van der Waals surface area contributed by atoms with Crippen LogP contribution in [0.5, 0.6) is 0 Å². The highest BCUT2D eigenvalue weighted by atomic mass is 32.2. The fraction of sp³-hybridized carbons (Fsp3) is 0.625. The molecule has 1 N–H and O–H groups in total. The maximum Gasteiger partial charge on any atom is 0.0295 e. The average molecular weight is 296 g/mol. The summed E-state index contributed by atoms with van der Waals surface area (Å²) in [5.74, 6) is 3.94. The predicted octanol–water partition coefficient (Wildman–Crippen LogP) is 3.75. The maximum atomic E-state index is 3.77. The van der Waals surface area contributed by atoms with Gasteiger partial charge in [-0.1, -0.05) is 36.8 Å². The summed E-state index contributed by atoms with van der Waals surface area (Å²) in [4.78, 5) is 0. The Hall–Kier alpha value is -0.120. The van der Waals surface area contributed by atoms with Crippen LogP contribution in [0.25, 0.3) is 0 Å². The minimum absolute atomic E-state index is 0.625. The first-order chi connectivity index (χ1) is 9.29. The standard InChI is InChI=1S/C16H25NS2/c1-3-7-17-15(16-12-18-8-9-19-16)11-14-6-4-5-13(2)10-14/h4-6,10,15-17H,3,7-9,11-12H2,1-2H3. The molecule has 0 amide bonds. The first-order valence-corrected chi connectivity index (χ1v) is 9.48. The van der Waals surface area contributed by atoms with Gasteiger partial charge in [-0.25, -0.2) is 0 Å². The molecule has 0 radical (unpaired) electrons. The molecule has 19 heavy (non-hydrogen) atoms. The van der Waals surface area contributed by atoms with Crippen molar-refractivity contribution in [1.29, 1.82) is 0 Å². The van der Waals surface area contributed by atoms with E-state index in [0.29, 0.717) is 6.04 Å². The predicted molar refractivity (Wildman–Crippen MR) is 90.5 cm³/mol. The number of hydrogen-bond acceptors (Lipinski definition) is 3. The summed E-state index contributed by atoms with van der Waals surface area (Å²) in [6.07, 6.45) is 2.38. The summed E-state index contributed by atoms with van der Waals surface area (Å²) < 4.78 is 0. The monoisotopic (exact) mass is 295 g/mol. The zero-order valence-electron chi connectivity index (χ0n) is 12.0. The Morgan fingerprint density at radius 3 is 2.95 bits per heavy atom. The molecule has 0 bridgehead atoms. The van der Waals surface area contributed by atoms with E-state index in [1.807, 2.05) is 0 Å². The summed E-state index contributed by atoms with van der Waals surface area (Å²) in [7, 11) is 0. The van der Waals surface area contributed by atoms with Crippen molar-refractivity contribution in [2.45, 2.75) is 38.0 Å². The molecule has 1 aromatic rings. The minimum Gasteiger partial charge on any atom is -0.313 e. The molecule has 1 nitrogen and oxygen atoms in total. The molecule has 1 aliphatic rings. The second kappa shape index (κ2) is 8.23. The molecule has 106 valence electrons. The van der Waals surface area contributed by atoms with Crippen LogP contribution < -0.4 is 5.32 Å². The van der Waals surface area contributed by atoms with E-state index < -0.39 is 0 Å². The molecule has 1 heterocycles. The summed E-state index contributed by atoms with van der Waals surface area (Å²) >= 11 is 4.28. The fourth-order valence-corrected chi connectivity index (χ4v) is 5.38. The van der Waals surface area contributed by atoms with Gasteiger partial charge >= 0.3 is 0 Å². The largest absolute Gasteiger partial charge is 0.313 e. The molecule has 1 aliphatic heterocycles. The van der Waals surface area contributed by atoms with Crippen molar-refractivity contribution in [2.75, 3.05) is 23.8 Å². The summed E-state index contributed by atoms with van der Waals surface area (Å²) in [6, 6.07) is 9.60. The molecule has 1 aromatic carbocycles. The van der Waals surface area contributed by atoms with Crippen LogP contribution in [0.2, 0.25) is 0 Å². The van der Waals surface area contributed by atoms with E-state index in [4.69, 9.17) is 0 Å². The molecule has 2 atom stereocenters. The van der Waals surface area contributed by atoms with Crippen molar-refractivity contribution in [1.82, 2.24) is 5.32 Å². The van der Waals surface area contributed by atoms with E-state index in [-0.39, 0.29) is 0 Å². The van der Waals surface area contributed by atoms with Crippen molar-refractivity contribution < 1.29 is 0 Å². The Balaban J connectivity index is 1.99. The molecule has 2 rings (SSSR count). The lowest BCUT2D eigenvalue weighted by Crippen LogP contribution is -2.43. The van der Waals surface area contributed by atoms with Gasteiger partial charge in [0.25, 0.3) is 0 Å². The normalized spacial score (nSPS) is 21.3. The first kappa shape index (κ1) is 15.3. The fourth-order valence-electron chi connectivity index (χ4n) is 2.50. The molecule has 2 unspecified atom stereocenters. The lowest BCUT2D eigenvalue weighted by atomic mass is 10.0. The van der Waals surface area contributed by atoms with Crippen LogP contribution in [0.15, 0.2) is 24.3 Å². The number of rotatable bonds is 6. The lowest BCUT2D eigenvalue weighted by Gasteiger charge is -2.30. The second-order valence-corrected chi connectivity index (χ2v) is 7.73. The van der Waals surface area contributed by atoms with E-state index in [9.17, 15) is 0 Å². The van der Waals surface area contributed by atoms with Gasteiger partial charge in [-0.2, -0.15) is 23.5 Å². The SMILES string of the molecule is CCCNC(Cc1cccc(C)c1)C1CSCCS1. The summed E-state index contributed by atoms with van der Waals surface area (Å²) in [6.45, 7) is 5.57. The Kier molecular flexibility index (Phi) is 6.62. The van der Waals surface area contributed by atoms with Crippen LogP contribution in [0, 0.1) is 6.92 Å². The van der Waals surface area contributed by atoms with Crippen LogP contribution >= 0.6 is 23.5 Å². The molecule has 3 heteroatoms. The number of aryl methyl sites for hydroxylation is 1. The molecular formula is C16H25NS2. The molecule has 0 aromatic heterocycles. The highest BCUT2D eigenvalue weighted by Gasteiger charge is 2.24. The van der Waals surface area contributed by atoms with Crippen molar-refractivity contribution in [3.8, 4) is 0 Å². The van der Waals surface area contributed by atoms with Crippen LogP contribution in [-0.2, 0) is 6.42 Å². The van der Waals surface area contributed by atoms with Gasteiger partial charge in [0.05, 0.1) is 0 Å². The van der Waals surface area contributed by atoms with Gasteiger partial charge in [-0.15, -0.1) is 0 Å². The van der Waals surface area contributed by atoms with E-state index in [1.165, 1.54) is 41.2 Å². The van der Waals surface area contributed by atoms with Crippen LogP contribution in [-0.4, -0.2) is 35.1 Å². The number of thioether (sulfide) groups is 2. The van der Waals surface area contributed by atoms with Gasteiger partial charge in [-0.05, 0) is 31.9 Å². The topological polar surface area (TPSA) is 12.0 Å². The van der Waals surface area contributed by atoms with Crippen LogP contribution in [0.4, 0.5) is 0 Å². The van der Waals surface area contributed by atoms with Crippen LogP contribution in [0.1, 0.15) is 24.5 Å². The Morgan fingerprint density at radius 2 is 2.26 bits per heavy atom. The highest BCUT2D eigenvalue weighted by Crippen LogP contribution is 2.28. The third kappa shape index (κ3) is 5.05. The van der Waals surface area contributed by atoms with E-state index in [1.54, 1.807) is 0 Å². The summed E-state index contributed by atoms with van der Waals surface area (Å²) in [5.41, 5.74) is 2.85. The quantitative estimate of drug-likeness (QED) is 0.858. The van der Waals surface area contributed by atoms with Crippen molar-refractivity contribution in [3.05, 3.63) is 35.4 Å². The van der Waals surface area contributed by atoms with Gasteiger partial charge in [-0.3, -0.25) is 0 Å². The van der Waals surface area contributed by atoms with Gasteiger partial charge in [0.2, 0.25) is 0 Å². The smallest absolute Gasteiger partial charge is 0.0295 e. The van der Waals surface area contributed by atoms with E-state index >= 15 is 0 Å².